The van der Waals surface area contributed by atoms with E-state index in [1.165, 1.54) is 12.6 Å². The maximum atomic E-state index is 3.69. The molecule has 0 atom stereocenters. The first-order valence-corrected chi connectivity index (χ1v) is 20.5. The first-order valence-electron chi connectivity index (χ1n) is 10.0. The van der Waals surface area contributed by atoms with Crippen LogP contribution in [0.1, 0.15) is 6.92 Å². The number of nitrogens with zero attached hydrogens (tertiary/aromatic N) is 4. The van der Waals surface area contributed by atoms with Crippen LogP contribution in [-0.4, -0.2) is 103 Å². The molecule has 0 saturated carbocycles. The molecule has 0 aromatic rings. The molecule has 152 valence electrons. The summed E-state index contributed by atoms with van der Waals surface area (Å²) in [5, 5.41) is 0. The summed E-state index contributed by atoms with van der Waals surface area (Å²) in [4.78, 5) is 7.26. The first-order chi connectivity index (χ1) is 11.2. The van der Waals surface area contributed by atoms with Crippen LogP contribution in [0.15, 0.2) is 12.3 Å². The Morgan fingerprint density at radius 3 is 1.71 bits per heavy atom. The molecule has 6 nitrogen and oxygen atoms in total. The van der Waals surface area contributed by atoms with Gasteiger partial charge in [0.2, 0.25) is 0 Å². The second-order valence-corrected chi connectivity index (χ2v) is 23.9. The van der Waals surface area contributed by atoms with Crippen molar-refractivity contribution in [1.82, 2.24) is 27.6 Å². The van der Waals surface area contributed by atoms with Crippen LogP contribution in [-0.2, 0) is 0 Å². The fourth-order valence-electron chi connectivity index (χ4n) is 3.67. The third kappa shape index (κ3) is 7.62. The van der Waals surface area contributed by atoms with Gasteiger partial charge in [0, 0.05) is 0 Å². The summed E-state index contributed by atoms with van der Waals surface area (Å²) < 4.78 is 10.6. The molecule has 0 saturated heterocycles. The Hall–Kier alpha value is 0.208. The zero-order chi connectivity index (χ0) is 18.9. The fraction of sp³-hybridized carbons (Fsp3) is 0.857. The number of hydrogen-bond donors (Lipinski definition) is 2. The predicted octanol–water partition coefficient (Wildman–Crippen LogP) is -1.61. The normalized spacial score (nSPS) is 14.7. The van der Waals surface area contributed by atoms with Crippen molar-refractivity contribution in [2.24, 2.45) is 0 Å². The average molecular weight is 411 g/mol. The van der Waals surface area contributed by atoms with Crippen LogP contribution in [0.2, 0.25) is 25.7 Å². The molecule has 0 aromatic heterocycles. The summed E-state index contributed by atoms with van der Waals surface area (Å²) in [6, 6.07) is 1.24. The molecule has 2 N–H and O–H groups in total. The third-order valence-electron chi connectivity index (χ3n) is 6.34. The van der Waals surface area contributed by atoms with Crippen LogP contribution in [0, 0.1) is 0 Å². The van der Waals surface area contributed by atoms with Gasteiger partial charge in [0.25, 0.3) is 0 Å². The second-order valence-electron chi connectivity index (χ2n) is 8.12. The molecule has 0 aliphatic rings. The quantitative estimate of drug-likeness (QED) is 0.377. The molecule has 0 bridgehead atoms. The van der Waals surface area contributed by atoms with Gasteiger partial charge >= 0.3 is 158 Å². The van der Waals surface area contributed by atoms with E-state index in [1.807, 2.05) is 0 Å². The number of allylic oxidation sites excluding steroid dienone is 1. The van der Waals surface area contributed by atoms with Gasteiger partial charge in [-0.3, -0.25) is 0 Å². The van der Waals surface area contributed by atoms with E-state index in [0.29, 0.717) is 0 Å². The molecule has 10 heteroatoms. The van der Waals surface area contributed by atoms with E-state index in [4.69, 9.17) is 0 Å². The zero-order valence-corrected chi connectivity index (χ0v) is 23.8. The van der Waals surface area contributed by atoms with Gasteiger partial charge in [0.1, 0.15) is 0 Å². The third-order valence-corrected chi connectivity index (χ3v) is 26.3. The van der Waals surface area contributed by atoms with Gasteiger partial charge in [0.15, 0.2) is 0 Å². The molecule has 0 unspecified atom stereocenters. The number of hydrogen-bond acceptors (Lipinski definition) is 6. The molecule has 0 radical (unpaired) electrons. The van der Waals surface area contributed by atoms with Crippen molar-refractivity contribution in [3.05, 3.63) is 12.3 Å². The van der Waals surface area contributed by atoms with E-state index in [9.17, 15) is 0 Å². The molecule has 0 fully saturated rings. The molecule has 24 heavy (non-hydrogen) atoms. The summed E-state index contributed by atoms with van der Waals surface area (Å²) >= 11 is 0. The van der Waals surface area contributed by atoms with Gasteiger partial charge in [-0.1, -0.05) is 0 Å². The van der Waals surface area contributed by atoms with Gasteiger partial charge in [0.05, 0.1) is 0 Å². The van der Waals surface area contributed by atoms with E-state index in [1.54, 1.807) is 0 Å². The minimum absolute atomic E-state index is 1.19. The van der Waals surface area contributed by atoms with Crippen molar-refractivity contribution in [2.45, 2.75) is 32.6 Å². The van der Waals surface area contributed by atoms with Gasteiger partial charge in [-0.2, -0.15) is 0 Å². The van der Waals surface area contributed by atoms with Crippen LogP contribution in [0.4, 0.5) is 0 Å². The van der Waals surface area contributed by atoms with Gasteiger partial charge in [-0.25, -0.2) is 0 Å². The van der Waals surface area contributed by atoms with Crippen LogP contribution < -0.4 is 9.96 Å². The van der Waals surface area contributed by atoms with Crippen LogP contribution >= 0.6 is 0 Å². The van der Waals surface area contributed by atoms with E-state index in [0.717, 1.165) is 0 Å². The van der Waals surface area contributed by atoms with Crippen molar-refractivity contribution in [2.75, 3.05) is 48.8 Å². The summed E-state index contributed by atoms with van der Waals surface area (Å²) in [7, 11) is 7.62. The Bertz CT molecular complexity index is 344. The zero-order valence-electron chi connectivity index (χ0n) is 18.2. The molecule has 0 heterocycles. The Balaban J connectivity index is 5.06. The second kappa shape index (κ2) is 12.5. The van der Waals surface area contributed by atoms with E-state index < -0.39 is 36.5 Å². The van der Waals surface area contributed by atoms with Crippen molar-refractivity contribution in [1.29, 1.82) is 0 Å². The molecular weight excluding hydrogens is 365 g/mol. The van der Waals surface area contributed by atoms with Crippen LogP contribution in [0.3, 0.4) is 0 Å². The first kappa shape index (κ1) is 24.2. The van der Waals surface area contributed by atoms with Crippen LogP contribution in [0.5, 0.6) is 0 Å². The summed E-state index contributed by atoms with van der Waals surface area (Å²) in [6.07, 6.45) is 4.95. The fourth-order valence-corrected chi connectivity index (χ4v) is 20.5. The molecule has 0 aliphatic heterocycles. The van der Waals surface area contributed by atoms with Crippen molar-refractivity contribution >= 4 is 36.5 Å². The maximum absolute atomic E-state index is 3.69. The van der Waals surface area contributed by atoms with E-state index in [-0.39, 0.29) is 0 Å². The topological polar surface area (TPSA) is 37.0 Å². The van der Waals surface area contributed by atoms with Gasteiger partial charge in [-0.05, 0) is 0 Å². The van der Waals surface area contributed by atoms with Gasteiger partial charge < -0.3 is 0 Å². The van der Waals surface area contributed by atoms with Crippen molar-refractivity contribution < 1.29 is 0 Å². The van der Waals surface area contributed by atoms with E-state index >= 15 is 0 Å². The molecule has 0 amide bonds. The monoisotopic (exact) mass is 410 g/mol. The van der Waals surface area contributed by atoms with Crippen molar-refractivity contribution in [3.63, 3.8) is 0 Å². The standard InChI is InChI=1S/C14H46N6Si4/c1-11-19(21(8)15-2)24(16-3)14-12-13-20(22(9)17(4)5)23(10)18(6)7/h12-13,15-16H,11,14,21-24H2,1-10H3/q-4/b13-12+. The molecular formula is C14H46N6Si4-4. The Morgan fingerprint density at radius 1 is 0.875 bits per heavy atom. The molecule has 0 aliphatic carbocycles. The van der Waals surface area contributed by atoms with Crippen molar-refractivity contribution in [3.8, 4) is 0 Å². The molecule has 0 rings (SSSR count). The summed E-state index contributed by atoms with van der Waals surface area (Å²) in [5.74, 6) is 0. The summed E-state index contributed by atoms with van der Waals surface area (Å²) in [5.41, 5.74) is 0. The SMILES string of the molecule is CCN([SiH2-](C)NC)[SiH2-](C/C=C/N([SiH2-](C)N(C)C)[SiH2-](C)N(C)C)NC. The minimum atomic E-state index is -1.48. The number of rotatable bonds is 12. The average Bonchev–Trinajstić information content (AvgIpc) is 2.55. The summed E-state index contributed by atoms with van der Waals surface area (Å²) in [6.45, 7) is 10.9. The Kier molecular flexibility index (Phi) is 12.7. The Morgan fingerprint density at radius 2 is 1.38 bits per heavy atom. The number of nitrogens with one attached hydrogen (secondary N) is 2. The Labute approximate surface area is 157 Å². The molecule has 0 aromatic carbocycles. The van der Waals surface area contributed by atoms with E-state index in [2.05, 4.69) is 109 Å². The van der Waals surface area contributed by atoms with Crippen LogP contribution in [0.25, 0.3) is 0 Å². The molecule has 0 spiro atoms. The van der Waals surface area contributed by atoms with Gasteiger partial charge in [-0.15, -0.1) is 0 Å². The predicted molar refractivity (Wildman–Crippen MR) is 125 cm³/mol.